The van der Waals surface area contributed by atoms with E-state index in [-0.39, 0.29) is 0 Å². The molecular formula is C14H14ClN3OS. The topological polar surface area (TPSA) is 60.5 Å². The second-order valence-corrected chi connectivity index (χ2v) is 5.28. The van der Waals surface area contributed by atoms with E-state index in [1.165, 1.54) is 11.8 Å². The number of hydrogen-bond donors (Lipinski definition) is 1. The summed E-state index contributed by atoms with van der Waals surface area (Å²) < 4.78 is 5.14. The first-order chi connectivity index (χ1) is 9.69. The highest BCUT2D eigenvalue weighted by atomic mass is 35.5. The van der Waals surface area contributed by atoms with Crippen molar-refractivity contribution in [3.05, 3.63) is 53.3 Å². The van der Waals surface area contributed by atoms with Gasteiger partial charge in [-0.05, 0) is 18.2 Å². The molecule has 1 heterocycles. The quantitative estimate of drug-likeness (QED) is 0.692. The fraction of sp³-hybridized carbons (Fsp3) is 0.143. The Bertz CT molecular complexity index is 619. The summed E-state index contributed by atoms with van der Waals surface area (Å²) in [6.45, 7) is 0. The van der Waals surface area contributed by atoms with Gasteiger partial charge in [0.25, 0.3) is 0 Å². The van der Waals surface area contributed by atoms with Crippen molar-refractivity contribution in [1.29, 1.82) is 0 Å². The summed E-state index contributed by atoms with van der Waals surface area (Å²) >= 11 is 7.43. The number of thioether (sulfide) groups is 1. The van der Waals surface area contributed by atoms with Crippen molar-refractivity contribution < 1.29 is 4.74 Å². The van der Waals surface area contributed by atoms with Gasteiger partial charge in [-0.1, -0.05) is 35.5 Å². The maximum atomic E-state index is 6.02. The predicted octanol–water partition coefficient (Wildman–Crippen LogP) is 3.62. The van der Waals surface area contributed by atoms with Crippen LogP contribution in [-0.2, 0) is 5.75 Å². The summed E-state index contributed by atoms with van der Waals surface area (Å²) in [5.41, 5.74) is 7.43. The maximum absolute atomic E-state index is 6.02. The molecule has 2 rings (SSSR count). The highest BCUT2D eigenvalue weighted by molar-refractivity contribution is 8.13. The molecule has 1 aromatic carbocycles. The number of pyridine rings is 1. The Labute approximate surface area is 127 Å². The minimum atomic E-state index is 0.447. The van der Waals surface area contributed by atoms with Gasteiger partial charge in [-0.2, -0.15) is 0 Å². The largest absolute Gasteiger partial charge is 0.497 e. The van der Waals surface area contributed by atoms with Gasteiger partial charge < -0.3 is 10.5 Å². The Morgan fingerprint density at radius 2 is 2.20 bits per heavy atom. The molecule has 0 spiro atoms. The van der Waals surface area contributed by atoms with Crippen LogP contribution in [-0.4, -0.2) is 17.3 Å². The van der Waals surface area contributed by atoms with Crippen molar-refractivity contribution in [2.45, 2.75) is 5.75 Å². The van der Waals surface area contributed by atoms with Crippen LogP contribution in [0.15, 0.2) is 47.6 Å². The van der Waals surface area contributed by atoms with E-state index < -0.39 is 0 Å². The molecular weight excluding hydrogens is 294 g/mol. The molecule has 104 valence electrons. The summed E-state index contributed by atoms with van der Waals surface area (Å²) in [5, 5.41) is 1.03. The van der Waals surface area contributed by atoms with Gasteiger partial charge >= 0.3 is 0 Å². The standard InChI is InChI=1S/C14H14ClN3OS/c1-19-11-6-7-17-10(8-11)9-20-14(16)18-13-5-3-2-4-12(13)15/h2-8H,9H2,1H3,(H2,16,18). The highest BCUT2D eigenvalue weighted by Gasteiger charge is 2.02. The van der Waals surface area contributed by atoms with Gasteiger partial charge in [0.05, 0.1) is 23.5 Å². The van der Waals surface area contributed by atoms with Crippen LogP contribution in [0.5, 0.6) is 5.75 Å². The van der Waals surface area contributed by atoms with Gasteiger partial charge in [-0.15, -0.1) is 0 Å². The molecule has 0 radical (unpaired) electrons. The molecule has 0 aliphatic heterocycles. The SMILES string of the molecule is COc1ccnc(CSC(N)=Nc2ccccc2Cl)c1. The smallest absolute Gasteiger partial charge is 0.159 e. The molecule has 0 aliphatic carbocycles. The molecule has 0 unspecified atom stereocenters. The molecule has 0 amide bonds. The van der Waals surface area contributed by atoms with Gasteiger partial charge in [0.15, 0.2) is 5.17 Å². The Morgan fingerprint density at radius 3 is 2.95 bits per heavy atom. The van der Waals surface area contributed by atoms with Crippen LogP contribution in [0.1, 0.15) is 5.69 Å². The van der Waals surface area contributed by atoms with Crippen molar-refractivity contribution in [3.63, 3.8) is 0 Å². The van der Waals surface area contributed by atoms with E-state index in [0.29, 0.717) is 21.6 Å². The molecule has 0 bridgehead atoms. The minimum Gasteiger partial charge on any atom is -0.497 e. The molecule has 2 aromatic rings. The molecule has 1 aromatic heterocycles. The number of nitrogens with zero attached hydrogens (tertiary/aromatic N) is 2. The van der Waals surface area contributed by atoms with Crippen LogP contribution in [0.25, 0.3) is 0 Å². The number of halogens is 1. The lowest BCUT2D eigenvalue weighted by Gasteiger charge is -2.04. The average molecular weight is 308 g/mol. The van der Waals surface area contributed by atoms with Crippen LogP contribution in [0.2, 0.25) is 5.02 Å². The van der Waals surface area contributed by atoms with Crippen molar-refractivity contribution in [3.8, 4) is 5.75 Å². The van der Waals surface area contributed by atoms with Gasteiger partial charge in [0.1, 0.15) is 5.75 Å². The monoisotopic (exact) mass is 307 g/mol. The van der Waals surface area contributed by atoms with E-state index in [1.54, 1.807) is 25.4 Å². The lowest BCUT2D eigenvalue weighted by Crippen LogP contribution is -2.06. The van der Waals surface area contributed by atoms with Gasteiger partial charge in [-0.25, -0.2) is 4.99 Å². The van der Waals surface area contributed by atoms with Crippen LogP contribution in [0.4, 0.5) is 5.69 Å². The summed E-state index contributed by atoms with van der Waals surface area (Å²) in [6, 6.07) is 11.0. The third-order valence-corrected chi connectivity index (χ3v) is 3.62. The first kappa shape index (κ1) is 14.7. The minimum absolute atomic E-state index is 0.447. The second-order valence-electron chi connectivity index (χ2n) is 3.88. The molecule has 2 N–H and O–H groups in total. The highest BCUT2D eigenvalue weighted by Crippen LogP contribution is 2.25. The molecule has 4 nitrogen and oxygen atoms in total. The van der Waals surface area contributed by atoms with Gasteiger partial charge in [0, 0.05) is 18.0 Å². The first-order valence-electron chi connectivity index (χ1n) is 5.89. The number of para-hydroxylation sites is 1. The van der Waals surface area contributed by atoms with Crippen LogP contribution < -0.4 is 10.5 Å². The zero-order valence-corrected chi connectivity index (χ0v) is 12.5. The molecule has 20 heavy (non-hydrogen) atoms. The summed E-state index contributed by atoms with van der Waals surface area (Å²) in [7, 11) is 1.62. The molecule has 6 heteroatoms. The zero-order valence-electron chi connectivity index (χ0n) is 10.9. The number of amidine groups is 1. The predicted molar refractivity (Wildman–Crippen MR) is 84.8 cm³/mol. The third kappa shape index (κ3) is 4.15. The van der Waals surface area contributed by atoms with Crippen LogP contribution >= 0.6 is 23.4 Å². The summed E-state index contributed by atoms with van der Waals surface area (Å²) in [5.74, 6) is 1.40. The lowest BCUT2D eigenvalue weighted by molar-refractivity contribution is 0.413. The van der Waals surface area contributed by atoms with Gasteiger partial charge in [0.2, 0.25) is 0 Å². The third-order valence-electron chi connectivity index (χ3n) is 2.47. The number of benzene rings is 1. The maximum Gasteiger partial charge on any atom is 0.159 e. The van der Waals surface area contributed by atoms with Gasteiger partial charge in [-0.3, -0.25) is 4.98 Å². The van der Waals surface area contributed by atoms with E-state index in [0.717, 1.165) is 11.4 Å². The molecule has 0 fully saturated rings. The Kier molecular flexibility index (Phi) is 5.26. The van der Waals surface area contributed by atoms with Crippen molar-refractivity contribution in [1.82, 2.24) is 4.98 Å². The van der Waals surface area contributed by atoms with E-state index in [2.05, 4.69) is 9.98 Å². The normalized spacial score (nSPS) is 11.4. The van der Waals surface area contributed by atoms with Crippen molar-refractivity contribution >= 4 is 34.2 Å². The number of ether oxygens (including phenoxy) is 1. The second kappa shape index (κ2) is 7.17. The number of aliphatic imine (C=N–C) groups is 1. The van der Waals surface area contributed by atoms with E-state index in [1.807, 2.05) is 24.3 Å². The zero-order chi connectivity index (χ0) is 14.4. The number of rotatable bonds is 4. The average Bonchev–Trinajstić information content (AvgIpc) is 2.48. The number of nitrogens with two attached hydrogens (primary N) is 1. The Morgan fingerprint density at radius 1 is 1.40 bits per heavy atom. The van der Waals surface area contributed by atoms with Crippen LogP contribution in [0.3, 0.4) is 0 Å². The molecule has 0 atom stereocenters. The Hall–Kier alpha value is -1.72. The first-order valence-corrected chi connectivity index (χ1v) is 7.26. The number of aromatic nitrogens is 1. The fourth-order valence-corrected chi connectivity index (χ4v) is 2.30. The van der Waals surface area contributed by atoms with Crippen molar-refractivity contribution in [2.75, 3.05) is 7.11 Å². The fourth-order valence-electron chi connectivity index (χ4n) is 1.50. The molecule has 0 aliphatic rings. The number of hydrogen-bond acceptors (Lipinski definition) is 4. The summed E-state index contributed by atoms with van der Waals surface area (Å²) in [4.78, 5) is 8.53. The molecule has 0 saturated carbocycles. The van der Waals surface area contributed by atoms with E-state index in [4.69, 9.17) is 22.1 Å². The Balaban J connectivity index is 2.01. The number of methoxy groups -OCH3 is 1. The molecule has 0 saturated heterocycles. The van der Waals surface area contributed by atoms with Crippen molar-refractivity contribution in [2.24, 2.45) is 10.7 Å². The summed E-state index contributed by atoms with van der Waals surface area (Å²) in [6.07, 6.45) is 1.70. The lowest BCUT2D eigenvalue weighted by atomic mass is 10.3. The van der Waals surface area contributed by atoms with E-state index in [9.17, 15) is 0 Å². The van der Waals surface area contributed by atoms with E-state index >= 15 is 0 Å². The van der Waals surface area contributed by atoms with Crippen LogP contribution in [0, 0.1) is 0 Å².